The third-order valence-electron chi connectivity index (χ3n) is 2.82. The number of nitrogens with one attached hydrogen (secondary N) is 1. The van der Waals surface area contributed by atoms with Gasteiger partial charge in [-0.1, -0.05) is 6.42 Å². The second-order valence-corrected chi connectivity index (χ2v) is 4.30. The second kappa shape index (κ2) is 7.21. The van der Waals surface area contributed by atoms with Gasteiger partial charge in [-0.05, 0) is 39.2 Å². The minimum atomic E-state index is 0.411. The highest BCUT2D eigenvalue weighted by molar-refractivity contribution is 4.65. The number of rotatable bonds is 0. The number of hydrogen-bond donors (Lipinski definition) is 2. The molecule has 3 N–H and O–H groups in total. The molecule has 0 aromatic rings. The van der Waals surface area contributed by atoms with Crippen LogP contribution in [0.5, 0.6) is 0 Å². The largest absolute Gasteiger partial charge is 0.381 e. The van der Waals surface area contributed by atoms with Crippen LogP contribution in [0.3, 0.4) is 0 Å². The molecule has 0 saturated carbocycles. The van der Waals surface area contributed by atoms with Crippen LogP contribution in [0.2, 0.25) is 0 Å². The molecule has 0 aromatic carbocycles. The van der Waals surface area contributed by atoms with Crippen LogP contribution in [0.1, 0.15) is 39.0 Å². The van der Waals surface area contributed by atoms with E-state index in [-0.39, 0.29) is 0 Å². The molecule has 84 valence electrons. The Morgan fingerprint density at radius 3 is 2.14 bits per heavy atom. The Bertz CT molecular complexity index is 113. The van der Waals surface area contributed by atoms with Crippen LogP contribution in [0.4, 0.5) is 0 Å². The Morgan fingerprint density at radius 2 is 1.86 bits per heavy atom. The summed E-state index contributed by atoms with van der Waals surface area (Å²) in [6.45, 7) is 5.21. The first-order valence-electron chi connectivity index (χ1n) is 5.86. The van der Waals surface area contributed by atoms with Crippen molar-refractivity contribution in [2.75, 3.05) is 19.8 Å². The number of piperidine rings is 1. The molecule has 1 unspecified atom stereocenters. The average molecular weight is 200 g/mol. The van der Waals surface area contributed by atoms with Crippen LogP contribution in [-0.2, 0) is 4.74 Å². The molecule has 0 spiro atoms. The Hall–Kier alpha value is -0.120. The van der Waals surface area contributed by atoms with Gasteiger partial charge in [0.25, 0.3) is 0 Å². The molecule has 0 amide bonds. The fraction of sp³-hybridized carbons (Fsp3) is 1.00. The SMILES string of the molecule is CC1CCCCN1.NC1CCOCC1. The van der Waals surface area contributed by atoms with E-state index in [4.69, 9.17) is 10.5 Å². The standard InChI is InChI=1S/C6H13N.C5H11NO/c1-6-4-2-3-5-7-6;6-5-1-3-7-4-2-5/h6-7H,2-5H2,1H3;5H,1-4,6H2. The highest BCUT2D eigenvalue weighted by Gasteiger charge is 2.06. The molecule has 0 bridgehead atoms. The van der Waals surface area contributed by atoms with Gasteiger partial charge in [0.05, 0.1) is 0 Å². The van der Waals surface area contributed by atoms with Crippen molar-refractivity contribution in [1.29, 1.82) is 0 Å². The molecule has 0 aliphatic carbocycles. The van der Waals surface area contributed by atoms with E-state index >= 15 is 0 Å². The Labute approximate surface area is 87.4 Å². The van der Waals surface area contributed by atoms with E-state index < -0.39 is 0 Å². The van der Waals surface area contributed by atoms with Crippen LogP contribution in [0.25, 0.3) is 0 Å². The van der Waals surface area contributed by atoms with Crippen molar-refractivity contribution in [2.45, 2.75) is 51.1 Å². The lowest BCUT2D eigenvalue weighted by Gasteiger charge is -2.18. The van der Waals surface area contributed by atoms with Crippen LogP contribution in [0, 0.1) is 0 Å². The minimum Gasteiger partial charge on any atom is -0.381 e. The van der Waals surface area contributed by atoms with Gasteiger partial charge in [0.15, 0.2) is 0 Å². The summed E-state index contributed by atoms with van der Waals surface area (Å²) in [6.07, 6.45) is 6.26. The topological polar surface area (TPSA) is 47.3 Å². The monoisotopic (exact) mass is 200 g/mol. The molecular weight excluding hydrogens is 176 g/mol. The molecule has 3 heteroatoms. The quantitative estimate of drug-likeness (QED) is 0.619. The molecule has 2 fully saturated rings. The van der Waals surface area contributed by atoms with Crippen molar-refractivity contribution in [3.05, 3.63) is 0 Å². The summed E-state index contributed by atoms with van der Waals surface area (Å²) in [6, 6.07) is 1.20. The highest BCUT2D eigenvalue weighted by Crippen LogP contribution is 2.04. The predicted octanol–water partition coefficient (Wildman–Crippen LogP) is 1.27. The number of nitrogens with two attached hydrogens (primary N) is 1. The van der Waals surface area contributed by atoms with Crippen LogP contribution >= 0.6 is 0 Å². The summed E-state index contributed by atoms with van der Waals surface area (Å²) in [5, 5.41) is 3.38. The van der Waals surface area contributed by atoms with Crippen LogP contribution < -0.4 is 11.1 Å². The lowest BCUT2D eigenvalue weighted by Crippen LogP contribution is -2.30. The van der Waals surface area contributed by atoms with Crippen LogP contribution in [-0.4, -0.2) is 31.8 Å². The van der Waals surface area contributed by atoms with E-state index in [2.05, 4.69) is 12.2 Å². The fourth-order valence-corrected chi connectivity index (χ4v) is 1.74. The summed E-state index contributed by atoms with van der Waals surface area (Å²) in [4.78, 5) is 0. The van der Waals surface area contributed by atoms with E-state index in [0.29, 0.717) is 6.04 Å². The smallest absolute Gasteiger partial charge is 0.0480 e. The first kappa shape index (κ1) is 12.0. The zero-order valence-electron chi connectivity index (χ0n) is 9.30. The van der Waals surface area contributed by atoms with Crippen molar-refractivity contribution in [3.8, 4) is 0 Å². The zero-order valence-corrected chi connectivity index (χ0v) is 9.30. The molecule has 2 aliphatic rings. The van der Waals surface area contributed by atoms with Gasteiger partial charge in [0.1, 0.15) is 0 Å². The fourth-order valence-electron chi connectivity index (χ4n) is 1.74. The summed E-state index contributed by atoms with van der Waals surface area (Å²) < 4.78 is 5.06. The van der Waals surface area contributed by atoms with Gasteiger partial charge in [-0.3, -0.25) is 0 Å². The van der Waals surface area contributed by atoms with Crippen molar-refractivity contribution in [1.82, 2.24) is 5.32 Å². The molecule has 2 rings (SSSR count). The zero-order chi connectivity index (χ0) is 10.2. The molecule has 14 heavy (non-hydrogen) atoms. The van der Waals surface area contributed by atoms with Gasteiger partial charge >= 0.3 is 0 Å². The maximum Gasteiger partial charge on any atom is 0.0480 e. The summed E-state index contributed by atoms with van der Waals surface area (Å²) in [5.41, 5.74) is 5.55. The maximum absolute atomic E-state index is 5.55. The first-order valence-corrected chi connectivity index (χ1v) is 5.86. The van der Waals surface area contributed by atoms with Gasteiger partial charge in [0, 0.05) is 25.3 Å². The number of ether oxygens (including phenoxy) is 1. The molecule has 1 atom stereocenters. The molecule has 2 saturated heterocycles. The van der Waals surface area contributed by atoms with Crippen molar-refractivity contribution < 1.29 is 4.74 Å². The average Bonchev–Trinajstić information content (AvgIpc) is 2.21. The minimum absolute atomic E-state index is 0.411. The van der Waals surface area contributed by atoms with Gasteiger partial charge in [-0.15, -0.1) is 0 Å². The van der Waals surface area contributed by atoms with Crippen molar-refractivity contribution >= 4 is 0 Å². The highest BCUT2D eigenvalue weighted by atomic mass is 16.5. The van der Waals surface area contributed by atoms with E-state index in [1.165, 1.54) is 25.8 Å². The Morgan fingerprint density at radius 1 is 1.14 bits per heavy atom. The van der Waals surface area contributed by atoms with E-state index in [1.54, 1.807) is 0 Å². The predicted molar refractivity (Wildman–Crippen MR) is 59.3 cm³/mol. The lowest BCUT2D eigenvalue weighted by atomic mass is 10.1. The Balaban J connectivity index is 0.000000140. The summed E-state index contributed by atoms with van der Waals surface area (Å²) in [7, 11) is 0. The van der Waals surface area contributed by atoms with Gasteiger partial charge in [0.2, 0.25) is 0 Å². The van der Waals surface area contributed by atoms with Gasteiger partial charge in [-0.25, -0.2) is 0 Å². The molecule has 3 nitrogen and oxygen atoms in total. The molecule has 2 aliphatic heterocycles. The van der Waals surface area contributed by atoms with Gasteiger partial charge in [-0.2, -0.15) is 0 Å². The van der Waals surface area contributed by atoms with E-state index in [1.807, 2.05) is 0 Å². The molecule has 0 aromatic heterocycles. The third-order valence-corrected chi connectivity index (χ3v) is 2.82. The van der Waals surface area contributed by atoms with Gasteiger partial charge < -0.3 is 15.8 Å². The first-order chi connectivity index (χ1) is 6.79. The van der Waals surface area contributed by atoms with Crippen molar-refractivity contribution in [2.24, 2.45) is 5.73 Å². The van der Waals surface area contributed by atoms with E-state index in [0.717, 1.165) is 32.1 Å². The van der Waals surface area contributed by atoms with Crippen LogP contribution in [0.15, 0.2) is 0 Å². The molecule has 0 radical (unpaired) electrons. The summed E-state index contributed by atoms with van der Waals surface area (Å²) >= 11 is 0. The molecule has 2 heterocycles. The normalized spacial score (nSPS) is 29.1. The third kappa shape index (κ3) is 5.58. The molecular formula is C11H24N2O. The van der Waals surface area contributed by atoms with E-state index in [9.17, 15) is 0 Å². The number of hydrogen-bond acceptors (Lipinski definition) is 3. The van der Waals surface area contributed by atoms with Crippen molar-refractivity contribution in [3.63, 3.8) is 0 Å². The summed E-state index contributed by atoms with van der Waals surface area (Å²) in [5.74, 6) is 0. The lowest BCUT2D eigenvalue weighted by molar-refractivity contribution is 0.0866. The second-order valence-electron chi connectivity index (χ2n) is 4.30. The Kier molecular flexibility index (Phi) is 6.15. The maximum atomic E-state index is 5.55.